The van der Waals surface area contributed by atoms with Crippen molar-refractivity contribution in [3.63, 3.8) is 0 Å². The Bertz CT molecular complexity index is 466. The van der Waals surface area contributed by atoms with Gasteiger partial charge >= 0.3 is 5.69 Å². The second-order valence-corrected chi connectivity index (χ2v) is 3.71. The zero-order chi connectivity index (χ0) is 10.8. The summed E-state index contributed by atoms with van der Waals surface area (Å²) in [5, 5.41) is 7.52. The number of allylic oxidation sites excluding steroid dienone is 4. The third kappa shape index (κ3) is 1.77. The lowest BCUT2D eigenvalue weighted by atomic mass is 9.96. The molecule has 0 bridgehead atoms. The van der Waals surface area contributed by atoms with Gasteiger partial charge < -0.3 is 0 Å². The van der Waals surface area contributed by atoms with E-state index in [-0.39, 0.29) is 5.69 Å². The van der Waals surface area contributed by atoms with E-state index in [9.17, 15) is 4.79 Å². The van der Waals surface area contributed by atoms with Gasteiger partial charge in [-0.05, 0) is 35.3 Å². The van der Waals surface area contributed by atoms with E-state index in [1.54, 1.807) is 7.05 Å². The van der Waals surface area contributed by atoms with Crippen molar-refractivity contribution >= 4 is 5.70 Å². The van der Waals surface area contributed by atoms with Crippen molar-refractivity contribution in [3.05, 3.63) is 28.7 Å². The molecule has 0 radical (unpaired) electrons. The van der Waals surface area contributed by atoms with Gasteiger partial charge in [-0.2, -0.15) is 9.36 Å². The number of tetrazole rings is 1. The first kappa shape index (κ1) is 9.89. The third-order valence-electron chi connectivity index (χ3n) is 2.66. The van der Waals surface area contributed by atoms with Crippen LogP contribution in [-0.4, -0.2) is 19.8 Å². The third-order valence-corrected chi connectivity index (χ3v) is 2.66. The van der Waals surface area contributed by atoms with Crippen molar-refractivity contribution < 1.29 is 0 Å². The van der Waals surface area contributed by atoms with E-state index in [0.29, 0.717) is 5.92 Å². The highest BCUT2D eigenvalue weighted by atomic mass is 16.2. The lowest BCUT2D eigenvalue weighted by Gasteiger charge is -2.15. The van der Waals surface area contributed by atoms with Crippen molar-refractivity contribution in [1.82, 2.24) is 19.8 Å². The molecule has 5 nitrogen and oxygen atoms in total. The minimum atomic E-state index is -0.189. The van der Waals surface area contributed by atoms with Crippen LogP contribution in [-0.2, 0) is 7.05 Å². The normalized spacial score (nSPS) is 20.4. The lowest BCUT2D eigenvalue weighted by molar-refractivity contribution is 0.612. The van der Waals surface area contributed by atoms with E-state index >= 15 is 0 Å². The number of aromatic nitrogens is 4. The molecule has 1 unspecified atom stereocenters. The molecule has 0 amide bonds. The van der Waals surface area contributed by atoms with Crippen LogP contribution in [0.25, 0.3) is 5.70 Å². The van der Waals surface area contributed by atoms with Crippen LogP contribution in [0.1, 0.15) is 19.8 Å². The highest BCUT2D eigenvalue weighted by Crippen LogP contribution is 2.22. The number of rotatable bonds is 2. The van der Waals surface area contributed by atoms with E-state index in [1.165, 1.54) is 9.36 Å². The van der Waals surface area contributed by atoms with Gasteiger partial charge in [-0.1, -0.05) is 19.1 Å². The number of nitrogens with zero attached hydrogens (tertiary/aromatic N) is 4. The Morgan fingerprint density at radius 2 is 2.33 bits per heavy atom. The average molecular weight is 206 g/mol. The summed E-state index contributed by atoms with van der Waals surface area (Å²) in [6.07, 6.45) is 7.98. The predicted octanol–water partition coefficient (Wildman–Crippen LogP) is 0.804. The molecule has 1 atom stereocenters. The van der Waals surface area contributed by atoms with Crippen molar-refractivity contribution in [2.75, 3.05) is 0 Å². The molecule has 0 N–H and O–H groups in total. The molecule has 0 spiro atoms. The maximum Gasteiger partial charge on any atom is 0.367 e. The summed E-state index contributed by atoms with van der Waals surface area (Å²) in [4.78, 5) is 11.6. The van der Waals surface area contributed by atoms with Gasteiger partial charge in [0, 0.05) is 7.05 Å². The molecule has 1 aromatic heterocycles. The summed E-state index contributed by atoms with van der Waals surface area (Å²) in [6.45, 7) is 2.14. The van der Waals surface area contributed by atoms with E-state index in [2.05, 4.69) is 23.4 Å². The molecular formula is C10H14N4O. The number of aryl methyl sites for hydroxylation is 1. The highest BCUT2D eigenvalue weighted by molar-refractivity contribution is 5.49. The number of hydrogen-bond donors (Lipinski definition) is 0. The Morgan fingerprint density at radius 1 is 1.53 bits per heavy atom. The van der Waals surface area contributed by atoms with Gasteiger partial charge in [0.1, 0.15) is 0 Å². The first-order valence-corrected chi connectivity index (χ1v) is 5.09. The Morgan fingerprint density at radius 3 is 2.93 bits per heavy atom. The standard InChI is InChI=1S/C10H14N4O/c1-3-8-5-4-6-9(7-8)14-10(15)13(2)11-12-14/h4-6,8H,3,7H2,1-2H3. The number of hydrogen-bond acceptors (Lipinski definition) is 3. The minimum Gasteiger partial charge on any atom is -0.244 e. The molecule has 1 aliphatic rings. The van der Waals surface area contributed by atoms with Crippen LogP contribution in [0, 0.1) is 5.92 Å². The average Bonchev–Trinajstić information content (AvgIpc) is 2.60. The summed E-state index contributed by atoms with van der Waals surface area (Å²) in [7, 11) is 1.60. The first-order chi connectivity index (χ1) is 7.22. The molecule has 0 aliphatic heterocycles. The first-order valence-electron chi connectivity index (χ1n) is 5.09. The Hall–Kier alpha value is -1.65. The maximum atomic E-state index is 11.6. The van der Waals surface area contributed by atoms with Gasteiger partial charge in [-0.15, -0.1) is 0 Å². The topological polar surface area (TPSA) is 52.7 Å². The smallest absolute Gasteiger partial charge is 0.244 e. The molecule has 15 heavy (non-hydrogen) atoms. The summed E-state index contributed by atoms with van der Waals surface area (Å²) in [5.74, 6) is 0.499. The highest BCUT2D eigenvalue weighted by Gasteiger charge is 2.14. The molecule has 1 aliphatic carbocycles. The lowest BCUT2D eigenvalue weighted by Crippen LogP contribution is -2.24. The van der Waals surface area contributed by atoms with Crippen molar-refractivity contribution in [3.8, 4) is 0 Å². The van der Waals surface area contributed by atoms with E-state index in [1.807, 2.05) is 12.2 Å². The largest absolute Gasteiger partial charge is 0.367 e. The van der Waals surface area contributed by atoms with Crippen LogP contribution in [0.4, 0.5) is 0 Å². The van der Waals surface area contributed by atoms with E-state index < -0.39 is 0 Å². The van der Waals surface area contributed by atoms with Gasteiger partial charge in [-0.3, -0.25) is 0 Å². The van der Waals surface area contributed by atoms with Crippen molar-refractivity contribution in [1.29, 1.82) is 0 Å². The molecular weight excluding hydrogens is 192 g/mol. The monoisotopic (exact) mass is 206 g/mol. The molecule has 0 saturated heterocycles. The van der Waals surface area contributed by atoms with Crippen LogP contribution < -0.4 is 5.69 Å². The van der Waals surface area contributed by atoms with Crippen LogP contribution in [0.2, 0.25) is 0 Å². The summed E-state index contributed by atoms with van der Waals surface area (Å²) in [5.41, 5.74) is 0.730. The molecule has 2 rings (SSSR count). The second kappa shape index (κ2) is 3.84. The molecule has 5 heteroatoms. The molecule has 80 valence electrons. The predicted molar refractivity (Wildman–Crippen MR) is 57.1 cm³/mol. The fraction of sp³-hybridized carbons (Fsp3) is 0.500. The van der Waals surface area contributed by atoms with Crippen LogP contribution >= 0.6 is 0 Å². The van der Waals surface area contributed by atoms with E-state index in [0.717, 1.165) is 18.5 Å². The molecule has 1 heterocycles. The second-order valence-electron chi connectivity index (χ2n) is 3.71. The molecule has 0 aromatic carbocycles. The van der Waals surface area contributed by atoms with Gasteiger partial charge in [0.05, 0.1) is 5.70 Å². The maximum absolute atomic E-state index is 11.6. The zero-order valence-corrected chi connectivity index (χ0v) is 8.92. The molecule has 0 fully saturated rings. The summed E-state index contributed by atoms with van der Waals surface area (Å²) in [6, 6.07) is 0. The minimum absolute atomic E-state index is 0.189. The summed E-state index contributed by atoms with van der Waals surface area (Å²) < 4.78 is 2.60. The Balaban J connectivity index is 2.33. The van der Waals surface area contributed by atoms with Crippen molar-refractivity contribution in [2.24, 2.45) is 13.0 Å². The Labute approximate surface area is 87.7 Å². The van der Waals surface area contributed by atoms with Gasteiger partial charge in [0.25, 0.3) is 0 Å². The van der Waals surface area contributed by atoms with Crippen molar-refractivity contribution in [2.45, 2.75) is 19.8 Å². The quantitative estimate of drug-likeness (QED) is 0.719. The van der Waals surface area contributed by atoms with Crippen LogP contribution in [0.3, 0.4) is 0 Å². The summed E-state index contributed by atoms with van der Waals surface area (Å²) >= 11 is 0. The van der Waals surface area contributed by atoms with Crippen LogP contribution in [0.5, 0.6) is 0 Å². The SMILES string of the molecule is CCC1C=CC=C(n2nnn(C)c2=O)C1. The van der Waals surface area contributed by atoms with Crippen LogP contribution in [0.15, 0.2) is 23.0 Å². The Kier molecular flexibility index (Phi) is 2.53. The van der Waals surface area contributed by atoms with Gasteiger partial charge in [-0.25, -0.2) is 4.79 Å². The van der Waals surface area contributed by atoms with Gasteiger partial charge in [0.2, 0.25) is 0 Å². The van der Waals surface area contributed by atoms with E-state index in [4.69, 9.17) is 0 Å². The zero-order valence-electron chi connectivity index (χ0n) is 8.92. The fourth-order valence-electron chi connectivity index (χ4n) is 1.66. The fourth-order valence-corrected chi connectivity index (χ4v) is 1.66. The molecule has 1 aromatic rings. The van der Waals surface area contributed by atoms with Gasteiger partial charge in [0.15, 0.2) is 0 Å². The molecule has 0 saturated carbocycles.